The van der Waals surface area contributed by atoms with Crippen LogP contribution in [-0.4, -0.2) is 0 Å². The molecule has 4 heteroatoms. The van der Waals surface area contributed by atoms with E-state index in [-0.39, 0.29) is 16.9 Å². The predicted octanol–water partition coefficient (Wildman–Crippen LogP) is 4.47. The number of halogens is 3. The molecule has 0 radical (unpaired) electrons. The Morgan fingerprint density at radius 1 is 1.11 bits per heavy atom. The Balaban J connectivity index is 2.07. The Hall–Kier alpha value is -1.45. The Morgan fingerprint density at radius 3 is 2.58 bits per heavy atom. The number of rotatable bonds is 4. The quantitative estimate of drug-likeness (QED) is 0.872. The van der Waals surface area contributed by atoms with Crippen LogP contribution in [0, 0.1) is 11.6 Å². The summed E-state index contributed by atoms with van der Waals surface area (Å²) in [5.74, 6) is -0.702. The number of hydrogen-bond acceptors (Lipinski definition) is 1. The first-order valence-electron chi connectivity index (χ1n) is 6.00. The van der Waals surface area contributed by atoms with Crippen LogP contribution in [0.2, 0.25) is 5.02 Å². The van der Waals surface area contributed by atoms with Crippen LogP contribution in [-0.2, 0) is 6.54 Å². The minimum Gasteiger partial charge on any atom is -0.306 e. The largest absolute Gasteiger partial charge is 0.306 e. The van der Waals surface area contributed by atoms with Gasteiger partial charge in [-0.15, -0.1) is 0 Å². The van der Waals surface area contributed by atoms with Crippen LogP contribution >= 0.6 is 11.6 Å². The normalized spacial score (nSPS) is 12.4. The lowest BCUT2D eigenvalue weighted by molar-refractivity contribution is 0.516. The molecule has 0 spiro atoms. The number of benzene rings is 2. The topological polar surface area (TPSA) is 12.0 Å². The lowest BCUT2D eigenvalue weighted by atomic mass is 10.1. The summed E-state index contributed by atoms with van der Waals surface area (Å²) >= 11 is 5.71. The Kier molecular flexibility index (Phi) is 4.51. The molecule has 2 rings (SSSR count). The third-order valence-corrected chi connectivity index (χ3v) is 3.29. The van der Waals surface area contributed by atoms with E-state index >= 15 is 0 Å². The lowest BCUT2D eigenvalue weighted by Gasteiger charge is -2.15. The molecular weight excluding hydrogens is 268 g/mol. The van der Waals surface area contributed by atoms with Gasteiger partial charge in [0.05, 0.1) is 5.02 Å². The van der Waals surface area contributed by atoms with Crippen molar-refractivity contribution >= 4 is 11.6 Å². The SMILES string of the molecule is CC(NCc1cccc(Cl)c1F)c1ccccc1F. The van der Waals surface area contributed by atoms with E-state index in [9.17, 15) is 8.78 Å². The highest BCUT2D eigenvalue weighted by Gasteiger charge is 2.11. The maximum absolute atomic E-state index is 13.7. The van der Waals surface area contributed by atoms with E-state index in [0.717, 1.165) is 0 Å². The van der Waals surface area contributed by atoms with Gasteiger partial charge in [-0.05, 0) is 19.1 Å². The zero-order valence-corrected chi connectivity index (χ0v) is 11.2. The van der Waals surface area contributed by atoms with Gasteiger partial charge in [-0.2, -0.15) is 0 Å². The molecule has 2 aromatic carbocycles. The van der Waals surface area contributed by atoms with E-state index in [1.165, 1.54) is 12.1 Å². The molecule has 2 aromatic rings. The Labute approximate surface area is 116 Å². The Morgan fingerprint density at radius 2 is 1.84 bits per heavy atom. The molecule has 0 saturated carbocycles. The van der Waals surface area contributed by atoms with Gasteiger partial charge >= 0.3 is 0 Å². The second kappa shape index (κ2) is 6.13. The minimum atomic E-state index is -0.433. The van der Waals surface area contributed by atoms with Crippen LogP contribution in [0.3, 0.4) is 0 Å². The van der Waals surface area contributed by atoms with Crippen LogP contribution in [0.25, 0.3) is 0 Å². The molecule has 1 nitrogen and oxygen atoms in total. The average molecular weight is 282 g/mol. The summed E-state index contributed by atoms with van der Waals surface area (Å²) in [6, 6.07) is 11.2. The fourth-order valence-electron chi connectivity index (χ4n) is 1.88. The van der Waals surface area contributed by atoms with Gasteiger partial charge in [-0.25, -0.2) is 8.78 Å². The summed E-state index contributed by atoms with van der Waals surface area (Å²) in [7, 11) is 0. The zero-order valence-electron chi connectivity index (χ0n) is 10.5. The maximum atomic E-state index is 13.7. The van der Waals surface area contributed by atoms with E-state index < -0.39 is 5.82 Å². The highest BCUT2D eigenvalue weighted by Crippen LogP contribution is 2.20. The molecule has 0 aliphatic carbocycles. The highest BCUT2D eigenvalue weighted by atomic mass is 35.5. The van der Waals surface area contributed by atoms with Gasteiger partial charge < -0.3 is 5.32 Å². The standard InChI is InChI=1S/C15H14ClF2N/c1-10(12-6-2-3-8-14(12)17)19-9-11-5-4-7-13(16)15(11)18/h2-8,10,19H,9H2,1H3. The molecule has 1 atom stereocenters. The molecule has 0 heterocycles. The second-order valence-corrected chi connectivity index (χ2v) is 4.74. The first kappa shape index (κ1) is 14.0. The van der Waals surface area contributed by atoms with Crippen molar-refractivity contribution in [3.8, 4) is 0 Å². The van der Waals surface area contributed by atoms with Gasteiger partial charge in [-0.1, -0.05) is 41.9 Å². The molecule has 0 fully saturated rings. The first-order chi connectivity index (χ1) is 9.09. The molecule has 1 unspecified atom stereocenters. The van der Waals surface area contributed by atoms with Crippen LogP contribution in [0.1, 0.15) is 24.1 Å². The third kappa shape index (κ3) is 3.31. The van der Waals surface area contributed by atoms with Gasteiger partial charge in [0, 0.05) is 23.7 Å². The van der Waals surface area contributed by atoms with E-state index in [1.807, 2.05) is 6.92 Å². The number of nitrogens with one attached hydrogen (secondary N) is 1. The summed E-state index contributed by atoms with van der Waals surface area (Å²) in [6.45, 7) is 2.13. The van der Waals surface area contributed by atoms with E-state index in [2.05, 4.69) is 5.32 Å². The summed E-state index contributed by atoms with van der Waals surface area (Å²) in [5.41, 5.74) is 1.03. The lowest BCUT2D eigenvalue weighted by Crippen LogP contribution is -2.19. The third-order valence-electron chi connectivity index (χ3n) is 3.00. The highest BCUT2D eigenvalue weighted by molar-refractivity contribution is 6.30. The number of hydrogen-bond donors (Lipinski definition) is 1. The molecule has 0 saturated heterocycles. The predicted molar refractivity (Wildman–Crippen MR) is 73.1 cm³/mol. The molecule has 100 valence electrons. The van der Waals surface area contributed by atoms with Crippen molar-refractivity contribution in [2.75, 3.05) is 0 Å². The van der Waals surface area contributed by atoms with Gasteiger partial charge in [0.1, 0.15) is 11.6 Å². The smallest absolute Gasteiger partial charge is 0.146 e. The summed E-state index contributed by atoms with van der Waals surface area (Å²) in [6.07, 6.45) is 0. The van der Waals surface area contributed by atoms with E-state index in [4.69, 9.17) is 11.6 Å². The molecular formula is C15H14ClF2N. The van der Waals surface area contributed by atoms with E-state index in [0.29, 0.717) is 17.7 Å². The summed E-state index contributed by atoms with van der Waals surface area (Å²) < 4.78 is 27.3. The fraction of sp³-hybridized carbons (Fsp3) is 0.200. The van der Waals surface area contributed by atoms with Crippen molar-refractivity contribution in [3.05, 3.63) is 70.2 Å². The van der Waals surface area contributed by atoms with Gasteiger partial charge in [0.15, 0.2) is 0 Å². The van der Waals surface area contributed by atoms with Gasteiger partial charge in [-0.3, -0.25) is 0 Å². The van der Waals surface area contributed by atoms with Crippen molar-refractivity contribution in [2.45, 2.75) is 19.5 Å². The minimum absolute atomic E-state index is 0.0952. The zero-order chi connectivity index (χ0) is 13.8. The van der Waals surface area contributed by atoms with Gasteiger partial charge in [0.25, 0.3) is 0 Å². The van der Waals surface area contributed by atoms with E-state index in [1.54, 1.807) is 30.3 Å². The van der Waals surface area contributed by atoms with Crippen molar-refractivity contribution in [1.29, 1.82) is 0 Å². The van der Waals surface area contributed by atoms with Crippen molar-refractivity contribution in [2.24, 2.45) is 0 Å². The first-order valence-corrected chi connectivity index (χ1v) is 6.38. The van der Waals surface area contributed by atoms with Crippen molar-refractivity contribution < 1.29 is 8.78 Å². The van der Waals surface area contributed by atoms with Crippen molar-refractivity contribution in [1.82, 2.24) is 5.32 Å². The molecule has 0 aliphatic heterocycles. The average Bonchev–Trinajstić information content (AvgIpc) is 2.40. The van der Waals surface area contributed by atoms with Crippen LogP contribution < -0.4 is 5.32 Å². The molecule has 0 aliphatic rings. The molecule has 0 aromatic heterocycles. The Bertz CT molecular complexity index is 572. The summed E-state index contributed by atoms with van der Waals surface area (Å²) in [4.78, 5) is 0. The molecule has 1 N–H and O–H groups in total. The monoisotopic (exact) mass is 281 g/mol. The summed E-state index contributed by atoms with van der Waals surface area (Å²) in [5, 5.41) is 3.18. The van der Waals surface area contributed by atoms with Crippen LogP contribution in [0.15, 0.2) is 42.5 Å². The fourth-order valence-corrected chi connectivity index (χ4v) is 2.08. The second-order valence-electron chi connectivity index (χ2n) is 4.34. The molecule has 0 amide bonds. The van der Waals surface area contributed by atoms with Gasteiger partial charge in [0.2, 0.25) is 0 Å². The molecule has 19 heavy (non-hydrogen) atoms. The maximum Gasteiger partial charge on any atom is 0.146 e. The van der Waals surface area contributed by atoms with Crippen LogP contribution in [0.5, 0.6) is 0 Å². The van der Waals surface area contributed by atoms with Crippen molar-refractivity contribution in [3.63, 3.8) is 0 Å². The molecule has 0 bridgehead atoms. The van der Waals surface area contributed by atoms with Crippen LogP contribution in [0.4, 0.5) is 8.78 Å².